The Morgan fingerprint density at radius 2 is 1.76 bits per heavy atom. The lowest BCUT2D eigenvalue weighted by atomic mass is 9.91. The van der Waals surface area contributed by atoms with Crippen LogP contribution in [0, 0.1) is 17.8 Å². The molecule has 1 rings (SSSR count). The molecule has 3 atom stereocenters. The summed E-state index contributed by atoms with van der Waals surface area (Å²) in [6, 6.07) is 0. The smallest absolute Gasteiger partial charge is 0.303 e. The van der Waals surface area contributed by atoms with Crippen molar-refractivity contribution in [3.05, 3.63) is 0 Å². The largest absolute Gasteiger partial charge is 0.481 e. The number of likely N-dealkylation sites (tertiary alicyclic amines) is 1. The van der Waals surface area contributed by atoms with E-state index in [4.69, 9.17) is 5.11 Å². The number of carboxylic acid groups (broad SMARTS) is 1. The molecule has 1 saturated heterocycles. The molecule has 0 spiro atoms. The number of amides is 1. The van der Waals surface area contributed by atoms with Crippen LogP contribution in [0.15, 0.2) is 0 Å². The van der Waals surface area contributed by atoms with E-state index in [0.29, 0.717) is 18.3 Å². The van der Waals surface area contributed by atoms with Crippen molar-refractivity contribution in [2.75, 3.05) is 13.1 Å². The van der Waals surface area contributed by atoms with Gasteiger partial charge in [-0.2, -0.15) is 0 Å². The average Bonchev–Trinajstić information content (AvgIpc) is 2.14. The van der Waals surface area contributed by atoms with Gasteiger partial charge in [0.25, 0.3) is 0 Å². The van der Waals surface area contributed by atoms with Crippen molar-refractivity contribution in [1.82, 2.24) is 4.90 Å². The van der Waals surface area contributed by atoms with Crippen LogP contribution in [0.25, 0.3) is 0 Å². The van der Waals surface area contributed by atoms with Gasteiger partial charge in [0.2, 0.25) is 5.91 Å². The van der Waals surface area contributed by atoms with E-state index in [0.717, 1.165) is 13.1 Å². The van der Waals surface area contributed by atoms with E-state index in [1.807, 2.05) is 11.8 Å². The monoisotopic (exact) mass is 241 g/mol. The average molecular weight is 241 g/mol. The zero-order chi connectivity index (χ0) is 13.0. The van der Waals surface area contributed by atoms with Crippen LogP contribution in [-0.2, 0) is 9.59 Å². The van der Waals surface area contributed by atoms with Crippen LogP contribution >= 0.6 is 0 Å². The molecular weight excluding hydrogens is 218 g/mol. The Labute approximate surface area is 103 Å². The van der Waals surface area contributed by atoms with E-state index in [1.165, 1.54) is 6.42 Å². The Morgan fingerprint density at radius 1 is 1.24 bits per heavy atom. The van der Waals surface area contributed by atoms with Crippen LogP contribution < -0.4 is 0 Å². The van der Waals surface area contributed by atoms with Crippen molar-refractivity contribution >= 4 is 11.9 Å². The maximum absolute atomic E-state index is 12.0. The van der Waals surface area contributed by atoms with Gasteiger partial charge in [0.05, 0.1) is 0 Å². The third-order valence-electron chi connectivity index (χ3n) is 3.27. The topological polar surface area (TPSA) is 57.6 Å². The van der Waals surface area contributed by atoms with Crippen molar-refractivity contribution in [3.63, 3.8) is 0 Å². The van der Waals surface area contributed by atoms with Gasteiger partial charge in [-0.25, -0.2) is 0 Å². The van der Waals surface area contributed by atoms with Crippen LogP contribution in [0.1, 0.15) is 40.0 Å². The number of rotatable bonds is 4. The van der Waals surface area contributed by atoms with Gasteiger partial charge in [0.1, 0.15) is 0 Å². The number of nitrogens with zero attached hydrogens (tertiary/aromatic N) is 1. The Balaban J connectivity index is 2.43. The summed E-state index contributed by atoms with van der Waals surface area (Å²) in [7, 11) is 0. The summed E-state index contributed by atoms with van der Waals surface area (Å²) in [6.07, 6.45) is 1.60. The molecule has 1 aliphatic rings. The molecule has 98 valence electrons. The maximum atomic E-state index is 12.0. The molecule has 1 aliphatic heterocycles. The minimum Gasteiger partial charge on any atom is -0.481 e. The summed E-state index contributed by atoms with van der Waals surface area (Å²) >= 11 is 0. The molecule has 0 aliphatic carbocycles. The molecule has 0 aromatic carbocycles. The van der Waals surface area contributed by atoms with Crippen LogP contribution in [0.3, 0.4) is 0 Å². The first kappa shape index (κ1) is 14.0. The molecule has 0 unspecified atom stereocenters. The highest BCUT2D eigenvalue weighted by Gasteiger charge is 2.26. The lowest BCUT2D eigenvalue weighted by Gasteiger charge is -2.35. The van der Waals surface area contributed by atoms with E-state index < -0.39 is 5.97 Å². The molecule has 1 N–H and O–H groups in total. The van der Waals surface area contributed by atoms with Gasteiger partial charge in [0.15, 0.2) is 0 Å². The SMILES string of the molecule is C[C@@H](CC(=O)O)CC(=O)N1C[C@@H](C)C[C@H](C)C1. The summed E-state index contributed by atoms with van der Waals surface area (Å²) in [5.41, 5.74) is 0. The van der Waals surface area contributed by atoms with Gasteiger partial charge < -0.3 is 10.0 Å². The van der Waals surface area contributed by atoms with E-state index in [1.54, 1.807) is 0 Å². The Kier molecular flexibility index (Phi) is 4.97. The van der Waals surface area contributed by atoms with Gasteiger partial charge in [-0.05, 0) is 24.2 Å². The number of hydrogen-bond acceptors (Lipinski definition) is 2. The third kappa shape index (κ3) is 4.75. The van der Waals surface area contributed by atoms with Gasteiger partial charge in [0, 0.05) is 25.9 Å². The zero-order valence-corrected chi connectivity index (χ0v) is 11.0. The number of aliphatic carboxylic acids is 1. The van der Waals surface area contributed by atoms with Gasteiger partial charge >= 0.3 is 5.97 Å². The first-order chi connectivity index (χ1) is 7.88. The van der Waals surface area contributed by atoms with E-state index in [9.17, 15) is 9.59 Å². The molecule has 1 fully saturated rings. The minimum absolute atomic E-state index is 0.0741. The fourth-order valence-corrected chi connectivity index (χ4v) is 2.66. The number of piperidine rings is 1. The lowest BCUT2D eigenvalue weighted by molar-refractivity contribution is -0.139. The quantitative estimate of drug-likeness (QED) is 0.819. The maximum Gasteiger partial charge on any atom is 0.303 e. The summed E-state index contributed by atoms with van der Waals surface area (Å²) in [5.74, 6) is 0.310. The predicted molar refractivity (Wildman–Crippen MR) is 65.6 cm³/mol. The molecule has 17 heavy (non-hydrogen) atoms. The Hall–Kier alpha value is -1.06. The van der Waals surface area contributed by atoms with Crippen molar-refractivity contribution in [1.29, 1.82) is 0 Å². The number of carboxylic acids is 1. The molecule has 1 heterocycles. The van der Waals surface area contributed by atoms with E-state index in [2.05, 4.69) is 13.8 Å². The molecule has 0 bridgehead atoms. The highest BCUT2D eigenvalue weighted by molar-refractivity contribution is 5.77. The van der Waals surface area contributed by atoms with Gasteiger partial charge in [-0.3, -0.25) is 9.59 Å². The number of carbonyl (C=O) groups excluding carboxylic acids is 1. The van der Waals surface area contributed by atoms with Gasteiger partial charge in [-0.1, -0.05) is 20.8 Å². The fraction of sp³-hybridized carbons (Fsp3) is 0.846. The molecule has 0 saturated carbocycles. The van der Waals surface area contributed by atoms with E-state index >= 15 is 0 Å². The summed E-state index contributed by atoms with van der Waals surface area (Å²) in [4.78, 5) is 24.5. The molecule has 1 amide bonds. The molecule has 0 radical (unpaired) electrons. The summed E-state index contributed by atoms with van der Waals surface area (Å²) in [6.45, 7) is 7.79. The van der Waals surface area contributed by atoms with Crippen LogP contribution in [0.2, 0.25) is 0 Å². The van der Waals surface area contributed by atoms with E-state index in [-0.39, 0.29) is 18.2 Å². The summed E-state index contributed by atoms with van der Waals surface area (Å²) in [5, 5.41) is 8.67. The number of carbonyl (C=O) groups is 2. The molecule has 0 aromatic heterocycles. The van der Waals surface area contributed by atoms with Crippen molar-refractivity contribution < 1.29 is 14.7 Å². The molecule has 4 heteroatoms. The van der Waals surface area contributed by atoms with Crippen molar-refractivity contribution in [3.8, 4) is 0 Å². The highest BCUT2D eigenvalue weighted by Crippen LogP contribution is 2.22. The van der Waals surface area contributed by atoms with Crippen LogP contribution in [0.5, 0.6) is 0 Å². The second-order valence-corrected chi connectivity index (χ2v) is 5.65. The zero-order valence-electron chi connectivity index (χ0n) is 11.0. The molecular formula is C13H23NO3. The first-order valence-electron chi connectivity index (χ1n) is 6.38. The minimum atomic E-state index is -0.828. The van der Waals surface area contributed by atoms with Crippen LogP contribution in [0.4, 0.5) is 0 Å². The van der Waals surface area contributed by atoms with Crippen LogP contribution in [-0.4, -0.2) is 35.0 Å². The fourth-order valence-electron chi connectivity index (χ4n) is 2.66. The van der Waals surface area contributed by atoms with Crippen molar-refractivity contribution in [2.45, 2.75) is 40.0 Å². The van der Waals surface area contributed by atoms with Gasteiger partial charge in [-0.15, -0.1) is 0 Å². The Morgan fingerprint density at radius 3 is 2.24 bits per heavy atom. The lowest BCUT2D eigenvalue weighted by Crippen LogP contribution is -2.43. The van der Waals surface area contributed by atoms with Crippen molar-refractivity contribution in [2.24, 2.45) is 17.8 Å². The Bertz CT molecular complexity index is 280. The predicted octanol–water partition coefficient (Wildman–Crippen LogP) is 1.99. The second-order valence-electron chi connectivity index (χ2n) is 5.65. The normalized spacial score (nSPS) is 26.6. The second kappa shape index (κ2) is 6.03. The summed E-state index contributed by atoms with van der Waals surface area (Å²) < 4.78 is 0. The first-order valence-corrected chi connectivity index (χ1v) is 6.38. The third-order valence-corrected chi connectivity index (χ3v) is 3.27. The molecule has 0 aromatic rings. The molecule has 4 nitrogen and oxygen atoms in total. The standard InChI is InChI=1S/C13H23NO3/c1-9(6-13(16)17)5-12(15)14-7-10(2)4-11(3)8-14/h9-11H,4-8H2,1-3H3,(H,16,17)/t9-,10+,11+/m1/s1. The highest BCUT2D eigenvalue weighted by atomic mass is 16.4. The number of hydrogen-bond donors (Lipinski definition) is 1.